The number of aromatic nitrogens is 1. The first kappa shape index (κ1) is 19.4. The summed E-state index contributed by atoms with van der Waals surface area (Å²) in [6, 6.07) is 5.15. The molecule has 1 amide bonds. The first-order valence-electron chi connectivity index (χ1n) is 8.20. The zero-order valence-corrected chi connectivity index (χ0v) is 16.0. The van der Waals surface area contributed by atoms with Crippen molar-refractivity contribution in [3.8, 4) is 0 Å². The first-order chi connectivity index (χ1) is 12.0. The molecule has 2 heterocycles. The van der Waals surface area contributed by atoms with Crippen molar-refractivity contribution in [1.29, 1.82) is 0 Å². The molecule has 0 unspecified atom stereocenters. The van der Waals surface area contributed by atoms with Gasteiger partial charge in [-0.25, -0.2) is 9.78 Å². The van der Waals surface area contributed by atoms with Gasteiger partial charge in [0.2, 0.25) is 0 Å². The number of aryl methyl sites for hydroxylation is 2. The van der Waals surface area contributed by atoms with E-state index in [1.165, 1.54) is 29.3 Å². The smallest absolute Gasteiger partial charge is 0.349 e. The van der Waals surface area contributed by atoms with Crippen molar-refractivity contribution in [2.24, 2.45) is 0 Å². The summed E-state index contributed by atoms with van der Waals surface area (Å²) < 4.78 is 5.30. The van der Waals surface area contributed by atoms with Gasteiger partial charge in [-0.3, -0.25) is 4.79 Å². The summed E-state index contributed by atoms with van der Waals surface area (Å²) in [5, 5.41) is 2.79. The normalized spacial score (nSPS) is 11.8. The van der Waals surface area contributed by atoms with E-state index in [1.807, 2.05) is 6.07 Å². The van der Waals surface area contributed by atoms with Gasteiger partial charge in [-0.05, 0) is 43.5 Å². The fourth-order valence-electron chi connectivity index (χ4n) is 2.29. The molecule has 0 aliphatic heterocycles. The van der Waals surface area contributed by atoms with Crippen LogP contribution in [-0.2, 0) is 22.4 Å². The molecule has 0 bridgehead atoms. The van der Waals surface area contributed by atoms with Gasteiger partial charge in [-0.2, -0.15) is 0 Å². The lowest BCUT2D eigenvalue weighted by molar-refractivity contribution is -0.123. The van der Waals surface area contributed by atoms with Crippen molar-refractivity contribution in [1.82, 2.24) is 4.98 Å². The van der Waals surface area contributed by atoms with E-state index in [1.54, 1.807) is 12.1 Å². The summed E-state index contributed by atoms with van der Waals surface area (Å²) in [7, 11) is 0. The maximum Gasteiger partial charge on any atom is 0.349 e. The Labute approximate surface area is 156 Å². The van der Waals surface area contributed by atoms with Crippen LogP contribution in [0.1, 0.15) is 47.3 Å². The number of carbonyl (C=O) groups excluding carboxylic acids is 2. The van der Waals surface area contributed by atoms with Crippen molar-refractivity contribution in [2.75, 3.05) is 5.32 Å². The molecule has 0 aliphatic carbocycles. The molecule has 0 saturated heterocycles. The molecule has 134 valence electrons. The highest BCUT2D eigenvalue weighted by Gasteiger charge is 2.22. The largest absolute Gasteiger partial charge is 0.448 e. The highest BCUT2D eigenvalue weighted by molar-refractivity contribution is 7.14. The lowest BCUT2D eigenvalue weighted by Crippen LogP contribution is -2.29. The minimum atomic E-state index is -0.939. The number of nitrogens with one attached hydrogen (secondary N) is 1. The Hall–Kier alpha value is -1.92. The Morgan fingerprint density at radius 3 is 2.80 bits per heavy atom. The highest BCUT2D eigenvalue weighted by atomic mass is 35.5. The van der Waals surface area contributed by atoms with Gasteiger partial charge in [0.1, 0.15) is 4.88 Å². The minimum Gasteiger partial charge on any atom is -0.448 e. The van der Waals surface area contributed by atoms with Crippen LogP contribution in [0, 0.1) is 0 Å². The van der Waals surface area contributed by atoms with Crippen molar-refractivity contribution < 1.29 is 14.3 Å². The van der Waals surface area contributed by atoms with Gasteiger partial charge in [0.05, 0.1) is 5.69 Å². The Kier molecular flexibility index (Phi) is 6.96. The molecule has 0 fully saturated rings. The van der Waals surface area contributed by atoms with Crippen molar-refractivity contribution in [3.05, 3.63) is 44.9 Å². The van der Waals surface area contributed by atoms with E-state index in [0.29, 0.717) is 10.6 Å². The molecule has 0 aromatic carbocycles. The molecule has 0 saturated carbocycles. The zero-order chi connectivity index (χ0) is 18.4. The van der Waals surface area contributed by atoms with E-state index < -0.39 is 18.0 Å². The third-order valence-electron chi connectivity index (χ3n) is 3.63. The maximum absolute atomic E-state index is 12.3. The third kappa shape index (κ3) is 5.03. The lowest BCUT2D eigenvalue weighted by Gasteiger charge is -2.13. The number of ether oxygens (including phenoxy) is 1. The Morgan fingerprint density at radius 1 is 1.40 bits per heavy atom. The van der Waals surface area contributed by atoms with Crippen LogP contribution in [0.3, 0.4) is 0 Å². The van der Waals surface area contributed by atoms with E-state index in [2.05, 4.69) is 24.1 Å². The number of thiophene rings is 1. The van der Waals surface area contributed by atoms with Gasteiger partial charge < -0.3 is 10.1 Å². The molecule has 2 rings (SSSR count). The average molecular weight is 381 g/mol. The van der Waals surface area contributed by atoms with Crippen molar-refractivity contribution in [3.63, 3.8) is 0 Å². The van der Waals surface area contributed by atoms with Crippen LogP contribution in [0.25, 0.3) is 0 Å². The van der Waals surface area contributed by atoms with Crippen LogP contribution < -0.4 is 5.32 Å². The summed E-state index contributed by atoms with van der Waals surface area (Å²) in [4.78, 5) is 30.1. The summed E-state index contributed by atoms with van der Waals surface area (Å²) in [5.74, 6) is -0.939. The number of halogens is 1. The Morgan fingerprint density at radius 2 is 2.16 bits per heavy atom. The van der Waals surface area contributed by atoms with E-state index in [-0.39, 0.29) is 5.15 Å². The lowest BCUT2D eigenvalue weighted by atomic mass is 10.1. The number of hydrogen-bond donors (Lipinski definition) is 1. The number of anilines is 1. The summed E-state index contributed by atoms with van der Waals surface area (Å²) >= 11 is 7.35. The number of rotatable bonds is 7. The molecule has 2 aromatic rings. The molecule has 0 radical (unpaired) electrons. The van der Waals surface area contributed by atoms with Crippen LogP contribution >= 0.6 is 22.9 Å². The summed E-state index contributed by atoms with van der Waals surface area (Å²) in [6.07, 6.45) is 3.42. The van der Waals surface area contributed by atoms with Crippen LogP contribution in [-0.4, -0.2) is 23.0 Å². The predicted octanol–water partition coefficient (Wildman–Crippen LogP) is 4.50. The van der Waals surface area contributed by atoms with Crippen LogP contribution in [0.2, 0.25) is 5.15 Å². The molecule has 1 N–H and O–H groups in total. The van der Waals surface area contributed by atoms with Gasteiger partial charge in [0.25, 0.3) is 5.91 Å². The topological polar surface area (TPSA) is 68.3 Å². The molecule has 25 heavy (non-hydrogen) atoms. The number of nitrogens with zero attached hydrogens (tertiary/aromatic N) is 1. The van der Waals surface area contributed by atoms with Crippen LogP contribution in [0.5, 0.6) is 0 Å². The average Bonchev–Trinajstić information content (AvgIpc) is 3.00. The zero-order valence-electron chi connectivity index (χ0n) is 14.5. The molecule has 7 heteroatoms. The molecule has 0 aliphatic rings. The fraction of sp³-hybridized carbons (Fsp3) is 0.389. The van der Waals surface area contributed by atoms with Gasteiger partial charge in [0, 0.05) is 11.1 Å². The molecule has 2 aromatic heterocycles. The van der Waals surface area contributed by atoms with E-state index in [4.69, 9.17) is 16.3 Å². The number of amides is 1. The number of hydrogen-bond acceptors (Lipinski definition) is 5. The van der Waals surface area contributed by atoms with Gasteiger partial charge >= 0.3 is 5.97 Å². The molecule has 0 spiro atoms. The number of pyridine rings is 1. The highest BCUT2D eigenvalue weighted by Crippen LogP contribution is 2.26. The standard InChI is InChI=1S/C18H21ClN2O3S/c1-4-7-14-12(5-2)10-15(25-14)18(23)24-11(3)17(22)21-13-8-6-9-20-16(13)19/h6,8-11H,4-5,7H2,1-3H3,(H,21,22)/t11-/m0/s1. The van der Waals surface area contributed by atoms with Crippen LogP contribution in [0.4, 0.5) is 5.69 Å². The van der Waals surface area contributed by atoms with Gasteiger partial charge in [-0.15, -0.1) is 11.3 Å². The van der Waals surface area contributed by atoms with Crippen LogP contribution in [0.15, 0.2) is 24.4 Å². The fourth-order valence-corrected chi connectivity index (χ4v) is 3.70. The van der Waals surface area contributed by atoms with Crippen molar-refractivity contribution in [2.45, 2.75) is 46.1 Å². The summed E-state index contributed by atoms with van der Waals surface area (Å²) in [5.41, 5.74) is 1.55. The second-order valence-corrected chi connectivity index (χ2v) is 7.04. The summed E-state index contributed by atoms with van der Waals surface area (Å²) in [6.45, 7) is 5.69. The number of carbonyl (C=O) groups is 2. The minimum absolute atomic E-state index is 0.185. The number of esters is 1. The van der Waals surface area contributed by atoms with E-state index in [9.17, 15) is 9.59 Å². The predicted molar refractivity (Wildman–Crippen MR) is 100 cm³/mol. The molecular weight excluding hydrogens is 360 g/mol. The second kappa shape index (κ2) is 8.97. The monoisotopic (exact) mass is 380 g/mol. The second-order valence-electron chi connectivity index (χ2n) is 5.54. The van der Waals surface area contributed by atoms with Crippen molar-refractivity contribution >= 4 is 40.5 Å². The Bertz CT molecular complexity index is 761. The van der Waals surface area contributed by atoms with Gasteiger partial charge in [-0.1, -0.05) is 31.9 Å². The van der Waals surface area contributed by atoms with E-state index >= 15 is 0 Å². The van der Waals surface area contributed by atoms with Gasteiger partial charge in [0.15, 0.2) is 11.3 Å². The quantitative estimate of drug-likeness (QED) is 0.567. The first-order valence-corrected chi connectivity index (χ1v) is 9.39. The molecule has 5 nitrogen and oxygen atoms in total. The molecular formula is C18H21ClN2O3S. The third-order valence-corrected chi connectivity index (χ3v) is 5.14. The van der Waals surface area contributed by atoms with E-state index in [0.717, 1.165) is 24.8 Å². The molecule has 1 atom stereocenters. The Balaban J connectivity index is 2.02. The SMILES string of the molecule is CCCc1sc(C(=O)O[C@@H](C)C(=O)Nc2cccnc2Cl)cc1CC. The maximum atomic E-state index is 12.3.